The molecule has 5 nitrogen and oxygen atoms in total. The molecule has 2 aliphatic heterocycles. The second-order valence-electron chi connectivity index (χ2n) is 5.92. The Balaban J connectivity index is 0.00000192. The van der Waals surface area contributed by atoms with Crippen LogP contribution in [0.4, 0.5) is 15.8 Å². The number of hydrogen-bond donors (Lipinski definition) is 3. The van der Waals surface area contributed by atoms with Crippen LogP contribution in [0.15, 0.2) is 12.1 Å². The Morgan fingerprint density at radius 3 is 2.91 bits per heavy atom. The third kappa shape index (κ3) is 4.42. The summed E-state index contributed by atoms with van der Waals surface area (Å²) in [4.78, 5) is 23.4. The number of carbonyl (C=O) groups is 2. The summed E-state index contributed by atoms with van der Waals surface area (Å²) < 4.78 is 14.0. The number of aryl methyl sites for hydroxylation is 1. The van der Waals surface area contributed by atoms with E-state index in [2.05, 4.69) is 16.0 Å². The molecule has 0 spiro atoms. The Kier molecular flexibility index (Phi) is 5.96. The fourth-order valence-corrected chi connectivity index (χ4v) is 3.02. The van der Waals surface area contributed by atoms with Crippen LogP contribution in [0.5, 0.6) is 0 Å². The maximum absolute atomic E-state index is 14.0. The molecule has 7 heteroatoms. The van der Waals surface area contributed by atoms with Crippen LogP contribution in [0.1, 0.15) is 37.7 Å². The molecule has 2 amide bonds. The number of benzene rings is 1. The van der Waals surface area contributed by atoms with Crippen LogP contribution in [0.25, 0.3) is 0 Å². The van der Waals surface area contributed by atoms with Gasteiger partial charge in [-0.2, -0.15) is 0 Å². The van der Waals surface area contributed by atoms with Crippen LogP contribution in [-0.2, 0) is 16.0 Å². The number of fused-ring (bicyclic) bond motifs is 1. The molecule has 2 aliphatic rings. The van der Waals surface area contributed by atoms with E-state index >= 15 is 0 Å². The number of carbonyl (C=O) groups excluding carboxylic acids is 2. The first-order valence-corrected chi connectivity index (χ1v) is 7.77. The third-order valence-corrected chi connectivity index (χ3v) is 4.24. The molecule has 3 N–H and O–H groups in total. The first kappa shape index (κ1) is 17.7. The number of rotatable bonds is 4. The van der Waals surface area contributed by atoms with Crippen molar-refractivity contribution >= 4 is 35.6 Å². The standard InChI is InChI=1S/C16H20FN3O2.ClH/c17-12-8-10-3-5-15(21)19-13(10)9-14(12)20-16(22)6-4-11-2-1-7-18-11;/h8-9,11,18H,1-7H2,(H,19,21)(H,20,22);1H. The van der Waals surface area contributed by atoms with Gasteiger partial charge in [0, 0.05) is 24.6 Å². The molecule has 1 aromatic rings. The van der Waals surface area contributed by atoms with Gasteiger partial charge in [-0.3, -0.25) is 9.59 Å². The van der Waals surface area contributed by atoms with Crippen molar-refractivity contribution in [3.8, 4) is 0 Å². The molecule has 0 radical (unpaired) electrons. The molecule has 1 aromatic carbocycles. The summed E-state index contributed by atoms with van der Waals surface area (Å²) in [6.45, 7) is 1.01. The van der Waals surface area contributed by atoms with Crippen LogP contribution in [0.2, 0.25) is 0 Å². The van der Waals surface area contributed by atoms with E-state index in [1.54, 1.807) is 0 Å². The van der Waals surface area contributed by atoms with Gasteiger partial charge in [0.25, 0.3) is 0 Å². The summed E-state index contributed by atoms with van der Waals surface area (Å²) in [5, 5.41) is 8.65. The van der Waals surface area contributed by atoms with Crippen molar-refractivity contribution in [3.05, 3.63) is 23.5 Å². The molecule has 0 aromatic heterocycles. The zero-order valence-electron chi connectivity index (χ0n) is 12.8. The monoisotopic (exact) mass is 341 g/mol. The highest BCUT2D eigenvalue weighted by Gasteiger charge is 2.19. The van der Waals surface area contributed by atoms with Crippen molar-refractivity contribution in [1.29, 1.82) is 0 Å². The van der Waals surface area contributed by atoms with Crippen molar-refractivity contribution in [2.75, 3.05) is 17.2 Å². The molecule has 126 valence electrons. The summed E-state index contributed by atoms with van der Waals surface area (Å²) >= 11 is 0. The summed E-state index contributed by atoms with van der Waals surface area (Å²) in [5.41, 5.74) is 1.49. The zero-order valence-corrected chi connectivity index (χ0v) is 13.6. The third-order valence-electron chi connectivity index (χ3n) is 4.24. The van der Waals surface area contributed by atoms with Crippen LogP contribution in [0.3, 0.4) is 0 Å². The van der Waals surface area contributed by atoms with Gasteiger partial charge in [-0.1, -0.05) is 0 Å². The highest BCUT2D eigenvalue weighted by atomic mass is 35.5. The Morgan fingerprint density at radius 1 is 1.35 bits per heavy atom. The SMILES string of the molecule is Cl.O=C(CCC1CCCN1)Nc1cc2c(cc1F)CCC(=O)N2. The normalized spacial score (nSPS) is 19.5. The van der Waals surface area contributed by atoms with Gasteiger partial charge in [-0.25, -0.2) is 4.39 Å². The molecule has 1 fully saturated rings. The highest BCUT2D eigenvalue weighted by Crippen LogP contribution is 2.28. The molecule has 23 heavy (non-hydrogen) atoms. The summed E-state index contributed by atoms with van der Waals surface area (Å²) in [7, 11) is 0. The fourth-order valence-electron chi connectivity index (χ4n) is 3.02. The van der Waals surface area contributed by atoms with Crippen LogP contribution >= 0.6 is 12.4 Å². The van der Waals surface area contributed by atoms with E-state index < -0.39 is 5.82 Å². The Labute approximate surface area is 140 Å². The van der Waals surface area contributed by atoms with E-state index in [1.807, 2.05) is 0 Å². The molecule has 1 unspecified atom stereocenters. The first-order chi connectivity index (χ1) is 10.6. The second-order valence-corrected chi connectivity index (χ2v) is 5.92. The van der Waals surface area contributed by atoms with E-state index in [-0.39, 0.29) is 29.9 Å². The van der Waals surface area contributed by atoms with Gasteiger partial charge in [-0.15, -0.1) is 12.4 Å². The predicted molar refractivity (Wildman–Crippen MR) is 89.5 cm³/mol. The maximum Gasteiger partial charge on any atom is 0.224 e. The molecule has 0 aliphatic carbocycles. The van der Waals surface area contributed by atoms with Crippen LogP contribution in [0, 0.1) is 5.82 Å². The Morgan fingerprint density at radius 2 is 2.17 bits per heavy atom. The van der Waals surface area contributed by atoms with Gasteiger partial charge in [0.05, 0.1) is 5.69 Å². The Bertz CT molecular complexity index is 603. The van der Waals surface area contributed by atoms with Gasteiger partial charge in [0.1, 0.15) is 5.82 Å². The minimum Gasteiger partial charge on any atom is -0.326 e. The number of nitrogens with one attached hydrogen (secondary N) is 3. The first-order valence-electron chi connectivity index (χ1n) is 7.77. The number of anilines is 2. The maximum atomic E-state index is 14.0. The lowest BCUT2D eigenvalue weighted by atomic mass is 10.0. The minimum absolute atomic E-state index is 0. The lowest BCUT2D eigenvalue weighted by Crippen LogP contribution is -2.24. The van der Waals surface area contributed by atoms with Gasteiger partial charge < -0.3 is 16.0 Å². The van der Waals surface area contributed by atoms with Crippen molar-refractivity contribution in [2.45, 2.75) is 44.6 Å². The lowest BCUT2D eigenvalue weighted by Gasteiger charge is -2.18. The van der Waals surface area contributed by atoms with E-state index in [1.165, 1.54) is 12.1 Å². The number of amides is 2. The van der Waals surface area contributed by atoms with Crippen LogP contribution < -0.4 is 16.0 Å². The molecule has 0 saturated carbocycles. The quantitative estimate of drug-likeness (QED) is 0.788. The van der Waals surface area contributed by atoms with Crippen molar-refractivity contribution in [3.63, 3.8) is 0 Å². The molecule has 1 atom stereocenters. The van der Waals surface area contributed by atoms with Crippen molar-refractivity contribution < 1.29 is 14.0 Å². The largest absolute Gasteiger partial charge is 0.326 e. The van der Waals surface area contributed by atoms with E-state index in [0.29, 0.717) is 31.0 Å². The van der Waals surface area contributed by atoms with Gasteiger partial charge >= 0.3 is 0 Å². The van der Waals surface area contributed by atoms with Crippen molar-refractivity contribution in [2.24, 2.45) is 0 Å². The van der Waals surface area contributed by atoms with E-state index in [9.17, 15) is 14.0 Å². The number of hydrogen-bond acceptors (Lipinski definition) is 3. The molecular formula is C16H21ClFN3O2. The molecule has 0 bridgehead atoms. The van der Waals surface area contributed by atoms with Gasteiger partial charge in [0.2, 0.25) is 11.8 Å². The Hall–Kier alpha value is -1.66. The molecule has 3 rings (SSSR count). The lowest BCUT2D eigenvalue weighted by molar-refractivity contribution is -0.117. The highest BCUT2D eigenvalue weighted by molar-refractivity contribution is 5.96. The van der Waals surface area contributed by atoms with E-state index in [4.69, 9.17) is 0 Å². The van der Waals surface area contributed by atoms with Crippen molar-refractivity contribution in [1.82, 2.24) is 5.32 Å². The second kappa shape index (κ2) is 7.75. The summed E-state index contributed by atoms with van der Waals surface area (Å²) in [5.74, 6) is -0.736. The fraction of sp³-hybridized carbons (Fsp3) is 0.500. The average Bonchev–Trinajstić information content (AvgIpc) is 3.00. The molecule has 1 saturated heterocycles. The average molecular weight is 342 g/mol. The minimum atomic E-state index is -0.456. The number of halogens is 2. The predicted octanol–water partition coefficient (Wildman–Crippen LogP) is 2.60. The van der Waals surface area contributed by atoms with Crippen LogP contribution in [-0.4, -0.2) is 24.4 Å². The molecular weight excluding hydrogens is 321 g/mol. The smallest absolute Gasteiger partial charge is 0.224 e. The summed E-state index contributed by atoms with van der Waals surface area (Å²) in [6.07, 6.45) is 4.25. The van der Waals surface area contributed by atoms with Gasteiger partial charge in [0.15, 0.2) is 0 Å². The van der Waals surface area contributed by atoms with E-state index in [0.717, 1.165) is 31.4 Å². The topological polar surface area (TPSA) is 70.2 Å². The zero-order chi connectivity index (χ0) is 15.5. The summed E-state index contributed by atoms with van der Waals surface area (Å²) in [6, 6.07) is 3.29. The molecule has 2 heterocycles. The van der Waals surface area contributed by atoms with Gasteiger partial charge in [-0.05, 0) is 49.9 Å².